The second kappa shape index (κ2) is 6.75. The predicted molar refractivity (Wildman–Crippen MR) is 51.6 cm³/mol. The van der Waals surface area contributed by atoms with E-state index in [2.05, 4.69) is 42.8 Å². The fourth-order valence-corrected chi connectivity index (χ4v) is 1.87. The Morgan fingerprint density at radius 3 is 1.67 bits per heavy atom. The average molecular weight is 194 g/mol. The molecule has 0 aromatic rings. The van der Waals surface area contributed by atoms with E-state index in [4.69, 9.17) is 4.67 Å². The molecule has 0 rings (SSSR count). The van der Waals surface area contributed by atoms with Crippen molar-refractivity contribution in [2.75, 3.05) is 7.11 Å². The summed E-state index contributed by atoms with van der Waals surface area (Å²) in [5.74, 6) is 0. The van der Waals surface area contributed by atoms with Gasteiger partial charge in [-0.15, -0.1) is 0 Å². The average Bonchev–Trinajstić information content (AvgIpc) is 1.84. The molecular weight excluding hydrogens is 175 g/mol. The van der Waals surface area contributed by atoms with E-state index in [1.165, 1.54) is 7.11 Å². The van der Waals surface area contributed by atoms with Gasteiger partial charge in [0.2, 0.25) is 8.45 Å². The van der Waals surface area contributed by atoms with E-state index < -0.39 is 8.45 Å². The highest BCUT2D eigenvalue weighted by molar-refractivity contribution is 7.48. The summed E-state index contributed by atoms with van der Waals surface area (Å²) in [6.45, 7) is 8.26. The van der Waals surface area contributed by atoms with Crippen LogP contribution in [0.3, 0.4) is 0 Å². The summed E-state index contributed by atoms with van der Waals surface area (Å²) in [6.07, 6.45) is 0. The van der Waals surface area contributed by atoms with Gasteiger partial charge in [0.1, 0.15) is 0 Å². The van der Waals surface area contributed by atoms with Gasteiger partial charge in [0.25, 0.3) is 0 Å². The molecule has 0 spiro atoms. The molecular formula is C7H19N2O2P. The number of hydrogen-bond acceptors (Lipinski definition) is 4. The minimum Gasteiger partial charge on any atom is -0.256 e. The first-order chi connectivity index (χ1) is 5.56. The molecule has 0 fully saturated rings. The molecule has 74 valence electrons. The molecule has 0 amide bonds. The molecule has 0 saturated heterocycles. The van der Waals surface area contributed by atoms with E-state index in [1.807, 2.05) is 0 Å². The van der Waals surface area contributed by atoms with Crippen LogP contribution in [0.1, 0.15) is 27.7 Å². The summed E-state index contributed by atoms with van der Waals surface area (Å²) in [5, 5.41) is 6.44. The van der Waals surface area contributed by atoms with Crippen LogP contribution in [-0.4, -0.2) is 19.2 Å². The highest BCUT2D eigenvalue weighted by Gasteiger charge is 2.12. The molecule has 0 atom stereocenters. The fourth-order valence-electron chi connectivity index (χ4n) is 0.624. The SMILES string of the molecule is COOP(NC(C)C)NC(C)C. The molecule has 5 heteroatoms. The van der Waals surface area contributed by atoms with E-state index in [0.717, 1.165) is 0 Å². The van der Waals surface area contributed by atoms with Gasteiger partial charge in [0.15, 0.2) is 0 Å². The number of rotatable bonds is 6. The third kappa shape index (κ3) is 6.95. The van der Waals surface area contributed by atoms with Crippen molar-refractivity contribution >= 4 is 8.45 Å². The lowest BCUT2D eigenvalue weighted by atomic mass is 10.4. The largest absolute Gasteiger partial charge is 0.256 e. The molecule has 0 heterocycles. The van der Waals surface area contributed by atoms with Crippen molar-refractivity contribution in [3.05, 3.63) is 0 Å². The third-order valence-corrected chi connectivity index (χ3v) is 2.70. The zero-order chi connectivity index (χ0) is 9.56. The molecule has 0 aromatic heterocycles. The zero-order valence-corrected chi connectivity index (χ0v) is 9.31. The maximum Gasteiger partial charge on any atom is 0.220 e. The van der Waals surface area contributed by atoms with E-state index in [9.17, 15) is 0 Å². The van der Waals surface area contributed by atoms with Gasteiger partial charge >= 0.3 is 0 Å². The van der Waals surface area contributed by atoms with Gasteiger partial charge in [-0.3, -0.25) is 10.2 Å². The van der Waals surface area contributed by atoms with E-state index in [1.54, 1.807) is 0 Å². The lowest BCUT2D eigenvalue weighted by Crippen LogP contribution is -2.29. The van der Waals surface area contributed by atoms with Crippen LogP contribution in [0.4, 0.5) is 0 Å². The molecule has 0 aliphatic carbocycles. The smallest absolute Gasteiger partial charge is 0.220 e. The van der Waals surface area contributed by atoms with Crippen LogP contribution < -0.4 is 10.2 Å². The maximum atomic E-state index is 5.01. The Morgan fingerprint density at radius 1 is 1.00 bits per heavy atom. The molecule has 0 aromatic carbocycles. The van der Waals surface area contributed by atoms with Gasteiger partial charge in [0, 0.05) is 12.1 Å². The first-order valence-corrected chi connectivity index (χ1v) is 5.35. The summed E-state index contributed by atoms with van der Waals surface area (Å²) in [6, 6.07) is 0.773. The van der Waals surface area contributed by atoms with Crippen molar-refractivity contribution in [1.29, 1.82) is 0 Å². The molecule has 12 heavy (non-hydrogen) atoms. The predicted octanol–water partition coefficient (Wildman–Crippen LogP) is 1.79. The van der Waals surface area contributed by atoms with Crippen molar-refractivity contribution in [1.82, 2.24) is 10.2 Å². The van der Waals surface area contributed by atoms with Crippen LogP contribution >= 0.6 is 8.45 Å². The molecule has 0 aliphatic heterocycles. The van der Waals surface area contributed by atoms with Gasteiger partial charge in [-0.1, -0.05) is 0 Å². The monoisotopic (exact) mass is 194 g/mol. The van der Waals surface area contributed by atoms with Crippen molar-refractivity contribution in [2.24, 2.45) is 0 Å². The molecule has 0 aliphatic rings. The summed E-state index contributed by atoms with van der Waals surface area (Å²) in [4.78, 5) is 4.61. The fraction of sp³-hybridized carbons (Fsp3) is 1.00. The number of hydrogen-bond donors (Lipinski definition) is 2. The van der Waals surface area contributed by atoms with Crippen molar-refractivity contribution < 1.29 is 9.56 Å². The number of nitrogens with one attached hydrogen (secondary N) is 2. The van der Waals surface area contributed by atoms with Crippen LogP contribution in [0.5, 0.6) is 0 Å². The summed E-state index contributed by atoms with van der Waals surface area (Å²) in [5.41, 5.74) is 0. The molecule has 0 radical (unpaired) electrons. The van der Waals surface area contributed by atoms with Crippen LogP contribution in [-0.2, 0) is 9.56 Å². The molecule has 0 unspecified atom stereocenters. The van der Waals surface area contributed by atoms with Crippen LogP contribution in [0.2, 0.25) is 0 Å². The highest BCUT2D eigenvalue weighted by atomic mass is 31.2. The van der Waals surface area contributed by atoms with Gasteiger partial charge in [-0.25, -0.2) is 4.89 Å². The third-order valence-electron chi connectivity index (χ3n) is 0.900. The second-order valence-corrected chi connectivity index (χ2v) is 4.36. The van der Waals surface area contributed by atoms with E-state index in [-0.39, 0.29) is 0 Å². The lowest BCUT2D eigenvalue weighted by molar-refractivity contribution is -0.172. The summed E-state index contributed by atoms with van der Waals surface area (Å²) >= 11 is 0. The van der Waals surface area contributed by atoms with Gasteiger partial charge in [-0.05, 0) is 27.7 Å². The van der Waals surface area contributed by atoms with Crippen molar-refractivity contribution in [2.45, 2.75) is 39.8 Å². The van der Waals surface area contributed by atoms with Gasteiger partial charge in [-0.2, -0.15) is 4.67 Å². The standard InChI is InChI=1S/C7H19N2O2P/c1-6(2)8-12(11-10-5)9-7(3)4/h6-9H,1-5H3. The Bertz CT molecular complexity index is 102. The minimum absolute atomic E-state index is 0.387. The lowest BCUT2D eigenvalue weighted by Gasteiger charge is -2.21. The van der Waals surface area contributed by atoms with Crippen LogP contribution in [0, 0.1) is 0 Å². The Morgan fingerprint density at radius 2 is 1.42 bits per heavy atom. The van der Waals surface area contributed by atoms with Gasteiger partial charge < -0.3 is 0 Å². The topological polar surface area (TPSA) is 42.5 Å². The zero-order valence-electron chi connectivity index (χ0n) is 8.42. The Kier molecular flexibility index (Phi) is 6.90. The first-order valence-electron chi connectivity index (χ1n) is 4.09. The Labute approximate surface area is 75.9 Å². The summed E-state index contributed by atoms with van der Waals surface area (Å²) < 4.78 is 5.01. The quantitative estimate of drug-likeness (QED) is 0.384. The first kappa shape index (κ1) is 12.3. The summed E-state index contributed by atoms with van der Waals surface area (Å²) in [7, 11) is 0.651. The van der Waals surface area contributed by atoms with E-state index in [0.29, 0.717) is 12.1 Å². The van der Waals surface area contributed by atoms with Crippen LogP contribution in [0.25, 0.3) is 0 Å². The van der Waals surface area contributed by atoms with E-state index >= 15 is 0 Å². The van der Waals surface area contributed by atoms with Crippen molar-refractivity contribution in [3.8, 4) is 0 Å². The Balaban J connectivity index is 3.69. The molecule has 4 nitrogen and oxygen atoms in total. The molecule has 0 saturated carbocycles. The Hall–Kier alpha value is 0.270. The van der Waals surface area contributed by atoms with Gasteiger partial charge in [0.05, 0.1) is 7.11 Å². The normalized spacial score (nSPS) is 12.0. The maximum absolute atomic E-state index is 5.01. The minimum atomic E-state index is -0.862. The molecule has 0 bridgehead atoms. The highest BCUT2D eigenvalue weighted by Crippen LogP contribution is 2.27. The second-order valence-electron chi connectivity index (χ2n) is 3.10. The van der Waals surface area contributed by atoms with Crippen molar-refractivity contribution in [3.63, 3.8) is 0 Å². The van der Waals surface area contributed by atoms with Crippen LogP contribution in [0.15, 0.2) is 0 Å². The molecule has 2 N–H and O–H groups in total.